The summed E-state index contributed by atoms with van der Waals surface area (Å²) in [5.41, 5.74) is 7.14. The van der Waals surface area contributed by atoms with E-state index in [9.17, 15) is 18.0 Å². The predicted octanol–water partition coefficient (Wildman–Crippen LogP) is 2.79. The second kappa shape index (κ2) is 10.2. The van der Waals surface area contributed by atoms with Crippen LogP contribution in [0.4, 0.5) is 23.1 Å². The van der Waals surface area contributed by atoms with Gasteiger partial charge in [0.25, 0.3) is 5.91 Å². The summed E-state index contributed by atoms with van der Waals surface area (Å²) in [6.45, 7) is 3.19. The van der Waals surface area contributed by atoms with Gasteiger partial charge in [0.1, 0.15) is 5.82 Å². The van der Waals surface area contributed by atoms with Gasteiger partial charge in [0.2, 0.25) is 11.9 Å². The van der Waals surface area contributed by atoms with Crippen LogP contribution in [0.15, 0.2) is 54.7 Å². The topological polar surface area (TPSA) is 165 Å². The third kappa shape index (κ3) is 6.65. The monoisotopic (exact) mass is 484 g/mol. The van der Waals surface area contributed by atoms with Crippen molar-refractivity contribution in [2.75, 3.05) is 22.2 Å². The molecule has 0 saturated carbocycles. The lowest BCUT2D eigenvalue weighted by molar-refractivity contribution is -0.114. The highest BCUT2D eigenvalue weighted by Crippen LogP contribution is 2.30. The number of hydrogen-bond donors (Lipinski definition) is 4. The standard InChI is InChI=1S/C22H24N6O5S/c1-13(15-7-5-4-6-8-15)25-21-17(20(23)30)12-24-22(28-21)27-16-9-10-19(33-34(3,31)32)18(11-16)26-14(2)29/h4-13H,1-3H3,(H2,23,30)(H,26,29)(H2,24,25,27,28)/t13-/m1/s1. The number of rotatable bonds is 9. The molecule has 178 valence electrons. The van der Waals surface area contributed by atoms with Gasteiger partial charge in [-0.2, -0.15) is 13.4 Å². The zero-order chi connectivity index (χ0) is 24.9. The summed E-state index contributed by atoms with van der Waals surface area (Å²) in [5, 5.41) is 8.65. The third-order valence-corrected chi connectivity index (χ3v) is 4.98. The molecule has 0 saturated heterocycles. The van der Waals surface area contributed by atoms with Crippen LogP contribution in [-0.2, 0) is 14.9 Å². The second-order valence-electron chi connectivity index (χ2n) is 7.40. The first kappa shape index (κ1) is 24.5. The van der Waals surface area contributed by atoms with Gasteiger partial charge in [0.05, 0.1) is 17.5 Å². The van der Waals surface area contributed by atoms with Gasteiger partial charge in [-0.05, 0) is 30.7 Å². The molecule has 0 spiro atoms. The van der Waals surface area contributed by atoms with E-state index in [1.54, 1.807) is 0 Å². The maximum absolute atomic E-state index is 11.9. The molecule has 3 aromatic rings. The van der Waals surface area contributed by atoms with Gasteiger partial charge in [-0.3, -0.25) is 9.59 Å². The molecule has 1 aromatic heterocycles. The number of nitrogens with zero attached hydrogens (tertiary/aromatic N) is 2. The maximum Gasteiger partial charge on any atom is 0.306 e. The molecule has 0 radical (unpaired) electrons. The molecule has 2 aromatic carbocycles. The summed E-state index contributed by atoms with van der Waals surface area (Å²) < 4.78 is 28.0. The van der Waals surface area contributed by atoms with Crippen LogP contribution in [-0.4, -0.2) is 36.5 Å². The highest BCUT2D eigenvalue weighted by molar-refractivity contribution is 7.86. The Morgan fingerprint density at radius 3 is 2.44 bits per heavy atom. The highest BCUT2D eigenvalue weighted by atomic mass is 32.2. The van der Waals surface area contributed by atoms with Gasteiger partial charge in [-0.15, -0.1) is 0 Å². The maximum atomic E-state index is 11.9. The lowest BCUT2D eigenvalue weighted by atomic mass is 10.1. The van der Waals surface area contributed by atoms with Crippen molar-refractivity contribution >= 4 is 45.1 Å². The SMILES string of the molecule is CC(=O)Nc1cc(Nc2ncc(C(N)=O)c(N[C@H](C)c3ccccc3)n2)ccc1OS(C)(=O)=O. The number of nitrogens with one attached hydrogen (secondary N) is 3. The van der Waals surface area contributed by atoms with E-state index in [1.807, 2.05) is 37.3 Å². The molecular formula is C22H24N6O5S. The molecule has 34 heavy (non-hydrogen) atoms. The number of aromatic nitrogens is 2. The number of amides is 2. The van der Waals surface area contributed by atoms with Crippen molar-refractivity contribution in [1.29, 1.82) is 0 Å². The summed E-state index contributed by atoms with van der Waals surface area (Å²) in [5.74, 6) is -0.783. The molecule has 11 nitrogen and oxygen atoms in total. The van der Waals surface area contributed by atoms with Crippen LogP contribution in [0.2, 0.25) is 0 Å². The van der Waals surface area contributed by atoms with Crippen molar-refractivity contribution in [1.82, 2.24) is 9.97 Å². The molecule has 0 aliphatic heterocycles. The second-order valence-corrected chi connectivity index (χ2v) is 8.98. The van der Waals surface area contributed by atoms with E-state index in [0.717, 1.165) is 11.8 Å². The first-order chi connectivity index (χ1) is 16.0. The fourth-order valence-electron chi connectivity index (χ4n) is 3.02. The van der Waals surface area contributed by atoms with Crippen LogP contribution in [0.25, 0.3) is 0 Å². The van der Waals surface area contributed by atoms with Crippen molar-refractivity contribution in [2.24, 2.45) is 5.73 Å². The third-order valence-electron chi connectivity index (χ3n) is 4.49. The van der Waals surface area contributed by atoms with Gasteiger partial charge in [-0.25, -0.2) is 4.98 Å². The van der Waals surface area contributed by atoms with Gasteiger partial charge in [0, 0.05) is 24.8 Å². The predicted molar refractivity (Wildman–Crippen MR) is 129 cm³/mol. The molecule has 0 unspecified atom stereocenters. The van der Waals surface area contributed by atoms with Crippen LogP contribution >= 0.6 is 0 Å². The van der Waals surface area contributed by atoms with E-state index < -0.39 is 21.9 Å². The lowest BCUT2D eigenvalue weighted by Crippen LogP contribution is -2.18. The average Bonchev–Trinajstić information content (AvgIpc) is 2.75. The Bertz CT molecular complexity index is 1310. The largest absolute Gasteiger partial charge is 0.380 e. The summed E-state index contributed by atoms with van der Waals surface area (Å²) in [6.07, 6.45) is 2.20. The summed E-state index contributed by atoms with van der Waals surface area (Å²) in [6, 6.07) is 13.8. The normalized spacial score (nSPS) is 11.9. The molecule has 12 heteroatoms. The minimum Gasteiger partial charge on any atom is -0.380 e. The fourth-order valence-corrected chi connectivity index (χ4v) is 3.49. The number of primary amides is 1. The minimum atomic E-state index is -3.81. The summed E-state index contributed by atoms with van der Waals surface area (Å²) in [7, 11) is -3.81. The molecule has 1 heterocycles. The van der Waals surface area contributed by atoms with E-state index in [4.69, 9.17) is 9.92 Å². The van der Waals surface area contributed by atoms with Crippen molar-refractivity contribution in [3.05, 3.63) is 65.9 Å². The summed E-state index contributed by atoms with van der Waals surface area (Å²) in [4.78, 5) is 31.9. The molecule has 0 aliphatic rings. The van der Waals surface area contributed by atoms with Gasteiger partial charge in [-0.1, -0.05) is 30.3 Å². The average molecular weight is 485 g/mol. The smallest absolute Gasteiger partial charge is 0.306 e. The molecule has 2 amide bonds. The van der Waals surface area contributed by atoms with E-state index in [0.29, 0.717) is 5.69 Å². The van der Waals surface area contributed by atoms with E-state index in [-0.39, 0.29) is 34.8 Å². The Kier molecular flexibility index (Phi) is 7.31. The quantitative estimate of drug-likeness (QED) is 0.334. The summed E-state index contributed by atoms with van der Waals surface area (Å²) >= 11 is 0. The molecule has 0 aliphatic carbocycles. The molecule has 1 atom stereocenters. The fraction of sp³-hybridized carbons (Fsp3) is 0.182. The van der Waals surface area contributed by atoms with Crippen molar-refractivity contribution in [3.63, 3.8) is 0 Å². The van der Waals surface area contributed by atoms with Crippen LogP contribution in [0.3, 0.4) is 0 Å². The van der Waals surface area contributed by atoms with E-state index in [2.05, 4.69) is 25.9 Å². The molecule has 5 N–H and O–H groups in total. The Morgan fingerprint density at radius 2 is 1.82 bits per heavy atom. The molecule has 0 bridgehead atoms. The van der Waals surface area contributed by atoms with Crippen molar-refractivity contribution in [3.8, 4) is 5.75 Å². The first-order valence-electron chi connectivity index (χ1n) is 10.1. The highest BCUT2D eigenvalue weighted by Gasteiger charge is 2.16. The minimum absolute atomic E-state index is 0.0488. The van der Waals surface area contributed by atoms with Crippen LogP contribution in [0.1, 0.15) is 35.8 Å². The van der Waals surface area contributed by atoms with Crippen LogP contribution < -0.4 is 25.9 Å². The number of benzene rings is 2. The zero-order valence-electron chi connectivity index (χ0n) is 18.7. The number of nitrogens with two attached hydrogens (primary N) is 1. The lowest BCUT2D eigenvalue weighted by Gasteiger charge is -2.17. The molecular weight excluding hydrogens is 460 g/mol. The van der Waals surface area contributed by atoms with Crippen molar-refractivity contribution in [2.45, 2.75) is 19.9 Å². The Balaban J connectivity index is 1.90. The van der Waals surface area contributed by atoms with Gasteiger partial charge < -0.3 is 25.9 Å². The molecule has 0 fully saturated rings. The van der Waals surface area contributed by atoms with E-state index >= 15 is 0 Å². The van der Waals surface area contributed by atoms with Crippen LogP contribution in [0.5, 0.6) is 5.75 Å². The number of hydrogen-bond acceptors (Lipinski definition) is 9. The van der Waals surface area contributed by atoms with Crippen LogP contribution in [0, 0.1) is 0 Å². The zero-order valence-corrected chi connectivity index (χ0v) is 19.5. The molecule has 3 rings (SSSR count). The Labute approximate surface area is 196 Å². The Hall–Kier alpha value is -4.19. The number of anilines is 4. The Morgan fingerprint density at radius 1 is 1.12 bits per heavy atom. The first-order valence-corrected chi connectivity index (χ1v) is 11.9. The van der Waals surface area contributed by atoms with Gasteiger partial charge in [0.15, 0.2) is 5.75 Å². The van der Waals surface area contributed by atoms with Gasteiger partial charge >= 0.3 is 10.1 Å². The number of carbonyl (C=O) groups is 2. The van der Waals surface area contributed by atoms with Crippen molar-refractivity contribution < 1.29 is 22.2 Å². The number of carbonyl (C=O) groups excluding carboxylic acids is 2. The van der Waals surface area contributed by atoms with E-state index in [1.165, 1.54) is 31.3 Å².